The van der Waals surface area contributed by atoms with Crippen molar-refractivity contribution in [3.8, 4) is 17.0 Å². The molecule has 11 heteroatoms. The number of methoxy groups -OCH3 is 1. The van der Waals surface area contributed by atoms with Crippen molar-refractivity contribution in [1.29, 1.82) is 0 Å². The largest absolute Gasteiger partial charge is 0.481 e. The molecule has 0 radical (unpaired) electrons. The molecule has 2 heterocycles. The molecule has 1 atom stereocenters. The summed E-state index contributed by atoms with van der Waals surface area (Å²) in [6.07, 6.45) is 0.600. The zero-order valence-electron chi connectivity index (χ0n) is 25.2. The first-order valence-electron chi connectivity index (χ1n) is 14.0. The number of aryl methyl sites for hydroxylation is 1. The van der Waals surface area contributed by atoms with Gasteiger partial charge in [-0.25, -0.2) is 14.8 Å². The molecule has 4 N–H and O–H groups in total. The number of aromatic nitrogens is 3. The highest BCUT2D eigenvalue weighted by Crippen LogP contribution is 2.31. The smallest absolute Gasteiger partial charge is 0.338 e. The molecule has 0 spiro atoms. The number of ether oxygens (including phenoxy) is 2. The molecule has 0 aliphatic rings. The van der Waals surface area contributed by atoms with Crippen LogP contribution in [-0.4, -0.2) is 64.2 Å². The molecule has 0 aliphatic carbocycles. The second-order valence-corrected chi connectivity index (χ2v) is 11.2. The van der Waals surface area contributed by atoms with Crippen molar-refractivity contribution < 1.29 is 29.0 Å². The summed E-state index contributed by atoms with van der Waals surface area (Å²) < 4.78 is 10.7. The van der Waals surface area contributed by atoms with E-state index in [0.717, 1.165) is 16.9 Å². The van der Waals surface area contributed by atoms with Gasteiger partial charge < -0.3 is 30.2 Å². The minimum atomic E-state index is -0.650. The number of pyridine rings is 1. The number of benzene rings is 2. The van der Waals surface area contributed by atoms with E-state index in [4.69, 9.17) is 9.47 Å². The number of hydrogen-bond donors (Lipinski definition) is 4. The predicted molar refractivity (Wildman–Crippen MR) is 163 cm³/mol. The number of fused-ring (bicyclic) bond motifs is 1. The lowest BCUT2D eigenvalue weighted by molar-refractivity contribution is 0.0505. The maximum Gasteiger partial charge on any atom is 0.338 e. The van der Waals surface area contributed by atoms with E-state index in [0.29, 0.717) is 23.2 Å². The number of anilines is 1. The molecule has 2 aromatic heterocycles. The summed E-state index contributed by atoms with van der Waals surface area (Å²) in [7, 11) is 1.44. The normalized spacial score (nSPS) is 12.1. The molecule has 11 nitrogen and oxygen atoms in total. The molecule has 2 amide bonds. The zero-order chi connectivity index (χ0) is 31.3. The quantitative estimate of drug-likeness (QED) is 0.191. The number of nitrogens with zero attached hydrogens (tertiary/aromatic N) is 2. The molecule has 0 saturated carbocycles. The van der Waals surface area contributed by atoms with Gasteiger partial charge in [0, 0.05) is 22.9 Å². The van der Waals surface area contributed by atoms with Crippen LogP contribution in [0.5, 0.6) is 5.88 Å². The Hall–Kier alpha value is -4.77. The minimum absolute atomic E-state index is 0.00931. The Morgan fingerprint density at radius 2 is 1.74 bits per heavy atom. The summed E-state index contributed by atoms with van der Waals surface area (Å²) >= 11 is 0. The van der Waals surface area contributed by atoms with Gasteiger partial charge in [0.25, 0.3) is 11.8 Å². The van der Waals surface area contributed by atoms with Crippen molar-refractivity contribution in [3.05, 3.63) is 71.2 Å². The molecule has 2 aromatic carbocycles. The SMILES string of the molecule is CCCOC(=O)c1cc(C(=O)N[C@H](CO)C(C)(C)C)ccc1-c1ccc(OC)nc1C(=O)Nc1ccc2nc(C)[nH]c2c1. The molecule has 0 unspecified atom stereocenters. The van der Waals surface area contributed by atoms with Crippen LogP contribution >= 0.6 is 0 Å². The van der Waals surface area contributed by atoms with Crippen LogP contribution in [0.3, 0.4) is 0 Å². The fourth-order valence-electron chi connectivity index (χ4n) is 4.49. The number of imidazole rings is 1. The summed E-state index contributed by atoms with van der Waals surface area (Å²) in [5, 5.41) is 15.5. The van der Waals surface area contributed by atoms with Gasteiger partial charge in [-0.1, -0.05) is 33.8 Å². The third-order valence-corrected chi connectivity index (χ3v) is 6.91. The van der Waals surface area contributed by atoms with Crippen LogP contribution in [0.4, 0.5) is 5.69 Å². The number of aromatic amines is 1. The number of carbonyl (C=O) groups excluding carboxylic acids is 3. The van der Waals surface area contributed by atoms with Gasteiger partial charge in [0.2, 0.25) is 5.88 Å². The van der Waals surface area contributed by atoms with E-state index in [1.54, 1.807) is 42.5 Å². The van der Waals surface area contributed by atoms with Gasteiger partial charge in [0.15, 0.2) is 0 Å². The van der Waals surface area contributed by atoms with Crippen LogP contribution in [0.25, 0.3) is 22.2 Å². The summed E-state index contributed by atoms with van der Waals surface area (Å²) in [6, 6.07) is 12.6. The van der Waals surface area contributed by atoms with Crippen molar-refractivity contribution in [2.45, 2.75) is 47.1 Å². The Morgan fingerprint density at radius 1 is 1.00 bits per heavy atom. The summed E-state index contributed by atoms with van der Waals surface area (Å²) in [5.74, 6) is -0.684. The maximum absolute atomic E-state index is 13.6. The van der Waals surface area contributed by atoms with Crippen molar-refractivity contribution in [1.82, 2.24) is 20.3 Å². The van der Waals surface area contributed by atoms with E-state index in [2.05, 4.69) is 25.6 Å². The van der Waals surface area contributed by atoms with Gasteiger partial charge >= 0.3 is 5.97 Å². The van der Waals surface area contributed by atoms with E-state index in [-0.39, 0.29) is 35.9 Å². The van der Waals surface area contributed by atoms with Gasteiger partial charge in [-0.05, 0) is 60.7 Å². The summed E-state index contributed by atoms with van der Waals surface area (Å²) in [4.78, 5) is 52.0. The number of amides is 2. The predicted octanol–water partition coefficient (Wildman–Crippen LogP) is 4.90. The first kappa shape index (κ1) is 31.2. The van der Waals surface area contributed by atoms with Crippen LogP contribution in [-0.2, 0) is 4.74 Å². The van der Waals surface area contributed by atoms with Crippen molar-refractivity contribution in [2.75, 3.05) is 25.6 Å². The topological polar surface area (TPSA) is 156 Å². The van der Waals surface area contributed by atoms with E-state index >= 15 is 0 Å². The Kier molecular flexibility index (Phi) is 9.45. The third-order valence-electron chi connectivity index (χ3n) is 6.91. The van der Waals surface area contributed by atoms with Crippen LogP contribution in [0.15, 0.2) is 48.5 Å². The first-order chi connectivity index (χ1) is 20.4. The number of H-pyrrole nitrogens is 1. The monoisotopic (exact) mass is 587 g/mol. The average Bonchev–Trinajstić information content (AvgIpc) is 3.36. The fraction of sp³-hybridized carbons (Fsp3) is 0.344. The molecule has 0 aliphatic heterocycles. The number of rotatable bonds is 10. The molecule has 0 fully saturated rings. The van der Waals surface area contributed by atoms with Gasteiger partial charge in [-0.2, -0.15) is 0 Å². The number of carbonyl (C=O) groups is 3. The van der Waals surface area contributed by atoms with Gasteiger partial charge in [-0.15, -0.1) is 0 Å². The average molecular weight is 588 g/mol. The van der Waals surface area contributed by atoms with Crippen molar-refractivity contribution >= 4 is 34.5 Å². The number of aliphatic hydroxyl groups excluding tert-OH is 1. The Bertz CT molecular complexity index is 1660. The molecule has 4 aromatic rings. The molecule has 4 rings (SSSR count). The number of nitrogens with one attached hydrogen (secondary N) is 3. The lowest BCUT2D eigenvalue weighted by Crippen LogP contribution is -2.46. The lowest BCUT2D eigenvalue weighted by atomic mass is 9.87. The van der Waals surface area contributed by atoms with Crippen LogP contribution in [0.1, 0.15) is 71.1 Å². The van der Waals surface area contributed by atoms with Crippen LogP contribution in [0, 0.1) is 12.3 Å². The number of aliphatic hydroxyl groups is 1. The molecule has 0 saturated heterocycles. The highest BCUT2D eigenvalue weighted by molar-refractivity contribution is 6.10. The van der Waals surface area contributed by atoms with Gasteiger partial charge in [0.1, 0.15) is 11.5 Å². The van der Waals surface area contributed by atoms with E-state index < -0.39 is 29.2 Å². The zero-order valence-corrected chi connectivity index (χ0v) is 25.2. The summed E-state index contributed by atoms with van der Waals surface area (Å²) in [5.41, 5.74) is 2.64. The fourth-order valence-corrected chi connectivity index (χ4v) is 4.49. The Labute approximate surface area is 250 Å². The Balaban J connectivity index is 1.76. The molecular weight excluding hydrogens is 550 g/mol. The van der Waals surface area contributed by atoms with Crippen LogP contribution < -0.4 is 15.4 Å². The third kappa shape index (κ3) is 7.18. The standard InChI is InChI=1S/C32H37N5O6/c1-7-14-43-31(41)23-15-19(29(39)36-26(17-38)32(3,4)5)8-10-21(23)22-11-13-27(42-6)37-28(22)30(40)35-20-9-12-24-25(16-20)34-18(2)33-24/h8-13,15-16,26,38H,7,14,17H2,1-6H3,(H,33,34)(H,35,40)(H,36,39)/t26-/m1/s1. The Morgan fingerprint density at radius 3 is 2.42 bits per heavy atom. The summed E-state index contributed by atoms with van der Waals surface area (Å²) in [6.45, 7) is 9.36. The maximum atomic E-state index is 13.6. The van der Waals surface area contributed by atoms with Crippen LogP contribution in [0.2, 0.25) is 0 Å². The molecule has 0 bridgehead atoms. The number of esters is 1. The molecular formula is C32H37N5O6. The van der Waals surface area contributed by atoms with E-state index in [1.165, 1.54) is 13.2 Å². The second-order valence-electron chi connectivity index (χ2n) is 11.2. The molecule has 43 heavy (non-hydrogen) atoms. The minimum Gasteiger partial charge on any atom is -0.481 e. The van der Waals surface area contributed by atoms with Gasteiger partial charge in [-0.3, -0.25) is 9.59 Å². The van der Waals surface area contributed by atoms with Gasteiger partial charge in [0.05, 0.1) is 43.0 Å². The highest BCUT2D eigenvalue weighted by atomic mass is 16.5. The lowest BCUT2D eigenvalue weighted by Gasteiger charge is -2.29. The van der Waals surface area contributed by atoms with Crippen molar-refractivity contribution in [3.63, 3.8) is 0 Å². The highest BCUT2D eigenvalue weighted by Gasteiger charge is 2.27. The second kappa shape index (κ2) is 13.0. The first-order valence-corrected chi connectivity index (χ1v) is 14.0. The van der Waals surface area contributed by atoms with E-state index in [9.17, 15) is 19.5 Å². The van der Waals surface area contributed by atoms with Crippen molar-refractivity contribution in [2.24, 2.45) is 5.41 Å². The van der Waals surface area contributed by atoms with E-state index in [1.807, 2.05) is 34.6 Å². The molecule has 226 valence electrons. The number of hydrogen-bond acceptors (Lipinski definition) is 8.